The molecular formula is C7H16OSi. The molecule has 54 valence electrons. The van der Waals surface area contributed by atoms with Crippen LogP contribution in [0.25, 0.3) is 0 Å². The Morgan fingerprint density at radius 3 is 2.78 bits per heavy atom. The van der Waals surface area contributed by atoms with Crippen molar-refractivity contribution >= 4 is 10.2 Å². The van der Waals surface area contributed by atoms with Crippen LogP contribution in [0.15, 0.2) is 12.0 Å². The van der Waals surface area contributed by atoms with Crippen LogP contribution in [0.5, 0.6) is 0 Å². The Balaban J connectivity index is 3.15. The zero-order chi connectivity index (χ0) is 7.11. The molecule has 0 heterocycles. The Kier molecular flexibility index (Phi) is 5.73. The second-order valence-electron chi connectivity index (χ2n) is 2.20. The second kappa shape index (κ2) is 5.89. The van der Waals surface area contributed by atoms with Crippen LogP contribution in [0.3, 0.4) is 0 Å². The molecule has 2 heteroatoms. The fourth-order valence-electron chi connectivity index (χ4n) is 0.687. The molecule has 1 atom stereocenters. The summed E-state index contributed by atoms with van der Waals surface area (Å²) < 4.78 is 5.29. The topological polar surface area (TPSA) is 9.23 Å². The van der Waals surface area contributed by atoms with Crippen LogP contribution in [-0.2, 0) is 4.74 Å². The van der Waals surface area contributed by atoms with E-state index in [4.69, 9.17) is 4.74 Å². The van der Waals surface area contributed by atoms with Crippen molar-refractivity contribution in [1.82, 2.24) is 0 Å². The van der Waals surface area contributed by atoms with E-state index in [0.717, 1.165) is 16.7 Å². The van der Waals surface area contributed by atoms with Gasteiger partial charge in [0.15, 0.2) is 0 Å². The maximum Gasteiger partial charge on any atom is 0.0949 e. The van der Waals surface area contributed by atoms with Crippen LogP contribution in [0, 0.1) is 0 Å². The minimum atomic E-state index is 0.403. The van der Waals surface area contributed by atoms with Crippen LogP contribution < -0.4 is 0 Å². The Morgan fingerprint density at radius 1 is 1.67 bits per heavy atom. The molecule has 0 aliphatic carbocycles. The molecule has 1 nitrogen and oxygen atoms in total. The van der Waals surface area contributed by atoms with Gasteiger partial charge in [-0.3, -0.25) is 0 Å². The molecule has 0 aromatic carbocycles. The van der Waals surface area contributed by atoms with Crippen molar-refractivity contribution in [3.63, 3.8) is 0 Å². The van der Waals surface area contributed by atoms with Crippen LogP contribution in [0.4, 0.5) is 0 Å². The molecule has 0 aliphatic rings. The summed E-state index contributed by atoms with van der Waals surface area (Å²) in [5.41, 5.74) is 2.05. The van der Waals surface area contributed by atoms with Crippen molar-refractivity contribution in [2.45, 2.75) is 32.8 Å². The van der Waals surface area contributed by atoms with Gasteiger partial charge in [-0.2, -0.15) is 0 Å². The summed E-state index contributed by atoms with van der Waals surface area (Å²) in [5, 5.41) is 0. The lowest BCUT2D eigenvalue weighted by atomic mass is 10.2. The van der Waals surface area contributed by atoms with Gasteiger partial charge in [0.2, 0.25) is 0 Å². The average Bonchev–Trinajstić information content (AvgIpc) is 1.85. The van der Waals surface area contributed by atoms with Crippen molar-refractivity contribution in [2.75, 3.05) is 0 Å². The maximum absolute atomic E-state index is 5.29. The molecule has 0 rings (SSSR count). The molecule has 0 spiro atoms. The van der Waals surface area contributed by atoms with Crippen LogP contribution in [0.2, 0.25) is 0 Å². The highest BCUT2D eigenvalue weighted by Gasteiger charge is 1.94. The van der Waals surface area contributed by atoms with Gasteiger partial charge in [-0.05, 0) is 13.3 Å². The van der Waals surface area contributed by atoms with Gasteiger partial charge >= 0.3 is 0 Å². The highest BCUT2D eigenvalue weighted by Crippen LogP contribution is 1.99. The van der Waals surface area contributed by atoms with Crippen LogP contribution in [0.1, 0.15) is 26.7 Å². The van der Waals surface area contributed by atoms with E-state index in [1.807, 2.05) is 12.0 Å². The van der Waals surface area contributed by atoms with Gasteiger partial charge in [0.25, 0.3) is 0 Å². The molecule has 0 radical (unpaired) electrons. The van der Waals surface area contributed by atoms with E-state index in [9.17, 15) is 0 Å². The van der Waals surface area contributed by atoms with E-state index in [2.05, 4.69) is 13.8 Å². The van der Waals surface area contributed by atoms with Crippen molar-refractivity contribution < 1.29 is 4.74 Å². The summed E-state index contributed by atoms with van der Waals surface area (Å²) in [6.07, 6.45) is 4.58. The largest absolute Gasteiger partial charge is 0.499 e. The molecule has 0 fully saturated rings. The van der Waals surface area contributed by atoms with Gasteiger partial charge in [-0.15, -0.1) is 0 Å². The summed E-state index contributed by atoms with van der Waals surface area (Å²) in [6, 6.07) is 0. The van der Waals surface area contributed by atoms with E-state index in [0.29, 0.717) is 6.10 Å². The highest BCUT2D eigenvalue weighted by atomic mass is 28.1. The average molecular weight is 144 g/mol. The van der Waals surface area contributed by atoms with Crippen LogP contribution >= 0.6 is 0 Å². The first-order valence-corrected chi connectivity index (χ1v) is 4.73. The van der Waals surface area contributed by atoms with Crippen molar-refractivity contribution in [3.8, 4) is 0 Å². The van der Waals surface area contributed by atoms with Crippen molar-refractivity contribution in [2.24, 2.45) is 0 Å². The Morgan fingerprint density at radius 2 is 2.33 bits per heavy atom. The van der Waals surface area contributed by atoms with Gasteiger partial charge in [0.05, 0.1) is 12.4 Å². The Bertz CT molecular complexity index is 81.0. The molecule has 0 saturated heterocycles. The molecular weight excluding hydrogens is 128 g/mol. The zero-order valence-corrected chi connectivity index (χ0v) is 8.55. The van der Waals surface area contributed by atoms with E-state index in [1.54, 1.807) is 0 Å². The van der Waals surface area contributed by atoms with E-state index >= 15 is 0 Å². The quantitative estimate of drug-likeness (QED) is 0.423. The Labute approximate surface area is 60.5 Å². The lowest BCUT2D eigenvalue weighted by molar-refractivity contribution is 0.152. The fraction of sp³-hybridized carbons (Fsp3) is 0.714. The summed E-state index contributed by atoms with van der Waals surface area (Å²) >= 11 is 0. The molecule has 0 aliphatic heterocycles. The van der Waals surface area contributed by atoms with E-state index in [-0.39, 0.29) is 0 Å². The molecule has 9 heavy (non-hydrogen) atoms. The number of hydrogen-bond donors (Lipinski definition) is 0. The third-order valence-corrected chi connectivity index (χ3v) is 1.41. The zero-order valence-electron chi connectivity index (χ0n) is 6.55. The number of ether oxygens (including phenoxy) is 1. The monoisotopic (exact) mass is 144 g/mol. The van der Waals surface area contributed by atoms with Gasteiger partial charge in [-0.25, -0.2) is 0 Å². The van der Waals surface area contributed by atoms with Gasteiger partial charge in [-0.1, -0.05) is 19.0 Å². The highest BCUT2D eigenvalue weighted by molar-refractivity contribution is 6.16. The maximum atomic E-state index is 5.29. The SMILES string of the molecule is CCCC(C)OC=C[SiH3]. The summed E-state index contributed by atoms with van der Waals surface area (Å²) in [7, 11) is 1.09. The normalized spacial score (nSPS) is 14.4. The Hall–Kier alpha value is -0.243. The third-order valence-electron chi connectivity index (χ3n) is 1.14. The molecule has 0 saturated carbocycles. The number of hydrogen-bond acceptors (Lipinski definition) is 1. The molecule has 0 aromatic rings. The number of rotatable bonds is 4. The van der Waals surface area contributed by atoms with Crippen molar-refractivity contribution in [1.29, 1.82) is 0 Å². The molecule has 1 unspecified atom stereocenters. The second-order valence-corrected chi connectivity index (χ2v) is 2.87. The standard InChI is InChI=1S/C7H16OSi/c1-3-4-7(2)8-5-6-9/h5-7H,3-4H2,1-2,9H3. The summed E-state index contributed by atoms with van der Waals surface area (Å²) in [4.78, 5) is 0. The summed E-state index contributed by atoms with van der Waals surface area (Å²) in [6.45, 7) is 4.27. The van der Waals surface area contributed by atoms with Crippen LogP contribution in [-0.4, -0.2) is 16.3 Å². The van der Waals surface area contributed by atoms with Gasteiger partial charge in [0, 0.05) is 10.2 Å². The van der Waals surface area contributed by atoms with Crippen molar-refractivity contribution in [3.05, 3.63) is 12.0 Å². The lowest BCUT2D eigenvalue weighted by Gasteiger charge is -2.08. The predicted octanol–water partition coefficient (Wildman–Crippen LogP) is 1.03. The molecule has 0 N–H and O–H groups in total. The lowest BCUT2D eigenvalue weighted by Crippen LogP contribution is -2.01. The molecule has 0 amide bonds. The minimum Gasteiger partial charge on any atom is -0.499 e. The molecule has 0 bridgehead atoms. The smallest absolute Gasteiger partial charge is 0.0949 e. The summed E-state index contributed by atoms with van der Waals surface area (Å²) in [5.74, 6) is 0. The van der Waals surface area contributed by atoms with E-state index < -0.39 is 0 Å². The first-order valence-electron chi connectivity index (χ1n) is 3.57. The first-order chi connectivity index (χ1) is 4.31. The van der Waals surface area contributed by atoms with E-state index in [1.165, 1.54) is 6.42 Å². The van der Waals surface area contributed by atoms with Gasteiger partial charge in [0.1, 0.15) is 0 Å². The third kappa shape index (κ3) is 5.63. The molecule has 0 aromatic heterocycles. The first kappa shape index (κ1) is 8.76. The minimum absolute atomic E-state index is 0.403. The predicted molar refractivity (Wildman–Crippen MR) is 44.5 cm³/mol. The fourth-order valence-corrected chi connectivity index (χ4v) is 0.844. The van der Waals surface area contributed by atoms with Gasteiger partial charge < -0.3 is 4.74 Å².